The van der Waals surface area contributed by atoms with Gasteiger partial charge in [0.1, 0.15) is 17.1 Å². The third kappa shape index (κ3) is 3.62. The van der Waals surface area contributed by atoms with Crippen molar-refractivity contribution >= 4 is 52.8 Å². The maximum atomic E-state index is 12.4. The minimum Gasteiger partial charge on any atom is -0.478 e. The van der Waals surface area contributed by atoms with E-state index in [0.29, 0.717) is 17.9 Å². The second-order valence-corrected chi connectivity index (χ2v) is 6.36. The van der Waals surface area contributed by atoms with Crippen molar-refractivity contribution in [3.63, 3.8) is 0 Å². The highest BCUT2D eigenvalue weighted by Crippen LogP contribution is 2.28. The van der Waals surface area contributed by atoms with Gasteiger partial charge >= 0.3 is 5.97 Å². The number of carboxylic acid groups (broad SMARTS) is 1. The van der Waals surface area contributed by atoms with E-state index in [4.69, 9.17) is 33.3 Å². The number of amides is 2. The summed E-state index contributed by atoms with van der Waals surface area (Å²) < 4.78 is 5.65. The van der Waals surface area contributed by atoms with Gasteiger partial charge in [0.25, 0.3) is 11.8 Å². The maximum Gasteiger partial charge on any atom is 0.337 e. The number of thiocarbonyl (C=S) groups is 1. The number of carbonyl (C=O) groups is 3. The fraction of sp³-hybridized carbons (Fsp3) is 0.111. The zero-order valence-corrected chi connectivity index (χ0v) is 15.6. The number of carboxylic acids is 1. The number of nitrogens with one attached hydrogen (secondary N) is 1. The van der Waals surface area contributed by atoms with Crippen LogP contribution in [-0.4, -0.2) is 39.4 Å². The third-order valence-corrected chi connectivity index (χ3v) is 4.53. The van der Waals surface area contributed by atoms with Gasteiger partial charge in [-0.3, -0.25) is 19.8 Å². The molecule has 2 heterocycles. The molecule has 9 heteroatoms. The molecule has 0 bridgehead atoms. The van der Waals surface area contributed by atoms with Crippen LogP contribution in [0.1, 0.15) is 23.0 Å². The molecule has 1 aliphatic rings. The van der Waals surface area contributed by atoms with Crippen molar-refractivity contribution in [2.75, 3.05) is 6.54 Å². The van der Waals surface area contributed by atoms with E-state index in [1.54, 1.807) is 25.1 Å². The number of aromatic carboxylic acids is 1. The Labute approximate surface area is 164 Å². The minimum absolute atomic E-state index is 0.0191. The summed E-state index contributed by atoms with van der Waals surface area (Å²) in [5.41, 5.74) is 0.449. The van der Waals surface area contributed by atoms with Crippen LogP contribution < -0.4 is 5.32 Å². The Morgan fingerprint density at radius 3 is 2.70 bits per heavy atom. The van der Waals surface area contributed by atoms with Crippen molar-refractivity contribution in [2.45, 2.75) is 6.92 Å². The topological polar surface area (TPSA) is 99.8 Å². The molecule has 7 nitrogen and oxygen atoms in total. The van der Waals surface area contributed by atoms with Gasteiger partial charge in [-0.25, -0.2) is 4.79 Å². The number of hydrogen-bond acceptors (Lipinski definition) is 5. The van der Waals surface area contributed by atoms with Gasteiger partial charge in [-0.05, 0) is 49.5 Å². The van der Waals surface area contributed by atoms with Crippen LogP contribution in [-0.2, 0) is 9.59 Å². The molecule has 0 unspecified atom stereocenters. The standard InChI is InChI=1S/C18H13ClN2O5S/c1-2-21-16(23)12(15(22)20-18(21)27)8-10-4-6-14(26-10)9-3-5-11(17(24)25)13(19)7-9/h3-8H,2H2,1H3,(H,24,25)(H,20,22,27)/b12-8+. The van der Waals surface area contributed by atoms with Crippen LogP contribution in [0.3, 0.4) is 0 Å². The smallest absolute Gasteiger partial charge is 0.337 e. The molecule has 2 amide bonds. The van der Waals surface area contributed by atoms with E-state index in [2.05, 4.69) is 5.32 Å². The lowest BCUT2D eigenvalue weighted by molar-refractivity contribution is -0.128. The van der Waals surface area contributed by atoms with Gasteiger partial charge in [-0.1, -0.05) is 17.7 Å². The van der Waals surface area contributed by atoms with Crippen LogP contribution in [0.25, 0.3) is 17.4 Å². The van der Waals surface area contributed by atoms with E-state index in [9.17, 15) is 14.4 Å². The molecule has 2 aromatic rings. The van der Waals surface area contributed by atoms with Gasteiger partial charge in [0.2, 0.25) is 0 Å². The van der Waals surface area contributed by atoms with E-state index in [1.807, 2.05) is 0 Å². The van der Waals surface area contributed by atoms with Crippen molar-refractivity contribution in [3.8, 4) is 11.3 Å². The summed E-state index contributed by atoms with van der Waals surface area (Å²) in [5, 5.41) is 11.6. The normalized spacial score (nSPS) is 16.0. The van der Waals surface area contributed by atoms with Gasteiger partial charge in [-0.2, -0.15) is 0 Å². The van der Waals surface area contributed by atoms with E-state index in [0.717, 1.165) is 0 Å². The van der Waals surface area contributed by atoms with Crippen molar-refractivity contribution in [2.24, 2.45) is 0 Å². The molecule has 0 atom stereocenters. The van der Waals surface area contributed by atoms with Crippen LogP contribution in [0.4, 0.5) is 0 Å². The number of nitrogens with zero attached hydrogens (tertiary/aromatic N) is 1. The second kappa shape index (κ2) is 7.34. The summed E-state index contributed by atoms with van der Waals surface area (Å²) >= 11 is 10.9. The zero-order valence-electron chi connectivity index (χ0n) is 14.0. The fourth-order valence-corrected chi connectivity index (χ4v) is 3.12. The molecule has 1 aromatic carbocycles. The Morgan fingerprint density at radius 1 is 1.33 bits per heavy atom. The van der Waals surface area contributed by atoms with Crippen molar-refractivity contribution in [1.29, 1.82) is 0 Å². The number of likely N-dealkylation sites (N-methyl/N-ethyl adjacent to an activating group) is 1. The number of benzene rings is 1. The zero-order chi connectivity index (χ0) is 19.7. The molecule has 0 spiro atoms. The van der Waals surface area contributed by atoms with Crippen LogP contribution in [0.5, 0.6) is 0 Å². The highest BCUT2D eigenvalue weighted by atomic mass is 35.5. The lowest BCUT2D eigenvalue weighted by atomic mass is 10.1. The average Bonchev–Trinajstić information content (AvgIpc) is 3.07. The molecule has 1 aromatic heterocycles. The van der Waals surface area contributed by atoms with E-state index < -0.39 is 17.8 Å². The number of halogens is 1. The molecule has 3 rings (SSSR count). The van der Waals surface area contributed by atoms with Gasteiger partial charge in [-0.15, -0.1) is 0 Å². The third-order valence-electron chi connectivity index (χ3n) is 3.90. The van der Waals surface area contributed by atoms with Crippen LogP contribution in [0.2, 0.25) is 5.02 Å². The summed E-state index contributed by atoms with van der Waals surface area (Å²) in [6, 6.07) is 7.62. The summed E-state index contributed by atoms with van der Waals surface area (Å²) in [6.45, 7) is 2.07. The first-order valence-corrected chi connectivity index (χ1v) is 8.62. The second-order valence-electron chi connectivity index (χ2n) is 5.57. The maximum absolute atomic E-state index is 12.4. The summed E-state index contributed by atoms with van der Waals surface area (Å²) in [4.78, 5) is 36.8. The Hall–Kier alpha value is -2.97. The van der Waals surface area contributed by atoms with Crippen molar-refractivity contribution < 1.29 is 23.9 Å². The molecule has 1 fully saturated rings. The lowest BCUT2D eigenvalue weighted by Crippen LogP contribution is -2.53. The molecule has 0 radical (unpaired) electrons. The van der Waals surface area contributed by atoms with Crippen LogP contribution in [0, 0.1) is 0 Å². The van der Waals surface area contributed by atoms with Crippen LogP contribution in [0.15, 0.2) is 40.3 Å². The summed E-state index contributed by atoms with van der Waals surface area (Å²) in [5.74, 6) is -1.53. The molecule has 1 saturated heterocycles. The molecule has 0 aliphatic carbocycles. The Morgan fingerprint density at radius 2 is 2.07 bits per heavy atom. The Bertz CT molecular complexity index is 1010. The number of rotatable bonds is 4. The quantitative estimate of drug-likeness (QED) is 0.461. The first kappa shape index (κ1) is 18.8. The molecular formula is C18H13ClN2O5S. The monoisotopic (exact) mass is 404 g/mol. The lowest BCUT2D eigenvalue weighted by Gasteiger charge is -2.27. The minimum atomic E-state index is -1.13. The highest BCUT2D eigenvalue weighted by Gasteiger charge is 2.32. The van der Waals surface area contributed by atoms with Crippen molar-refractivity contribution in [3.05, 3.63) is 52.3 Å². The predicted octanol–water partition coefficient (Wildman–Crippen LogP) is 2.94. The van der Waals surface area contributed by atoms with E-state index in [-0.39, 0.29) is 27.0 Å². The first-order chi connectivity index (χ1) is 12.8. The van der Waals surface area contributed by atoms with Gasteiger partial charge in [0.05, 0.1) is 10.6 Å². The SMILES string of the molecule is CCN1C(=O)/C(=C/c2ccc(-c3ccc(C(=O)O)c(Cl)c3)o2)C(=O)NC1=S. The van der Waals surface area contributed by atoms with Gasteiger partial charge in [0.15, 0.2) is 5.11 Å². The largest absolute Gasteiger partial charge is 0.478 e. The van der Waals surface area contributed by atoms with Crippen LogP contribution >= 0.6 is 23.8 Å². The van der Waals surface area contributed by atoms with E-state index >= 15 is 0 Å². The molecule has 2 N–H and O–H groups in total. The molecular weight excluding hydrogens is 392 g/mol. The number of hydrogen-bond donors (Lipinski definition) is 2. The molecule has 138 valence electrons. The molecule has 0 saturated carbocycles. The fourth-order valence-electron chi connectivity index (χ4n) is 2.55. The van der Waals surface area contributed by atoms with E-state index in [1.165, 1.54) is 23.1 Å². The number of carbonyl (C=O) groups excluding carboxylic acids is 2. The summed E-state index contributed by atoms with van der Waals surface area (Å²) in [7, 11) is 0. The molecule has 1 aliphatic heterocycles. The molecule has 27 heavy (non-hydrogen) atoms. The first-order valence-electron chi connectivity index (χ1n) is 7.83. The van der Waals surface area contributed by atoms with Crippen molar-refractivity contribution in [1.82, 2.24) is 10.2 Å². The summed E-state index contributed by atoms with van der Waals surface area (Å²) in [6.07, 6.45) is 1.33. The van der Waals surface area contributed by atoms with Gasteiger partial charge in [0, 0.05) is 12.1 Å². The Balaban J connectivity index is 1.92. The number of furan rings is 1. The Kier molecular flexibility index (Phi) is 5.11. The highest BCUT2D eigenvalue weighted by molar-refractivity contribution is 7.80. The van der Waals surface area contributed by atoms with Gasteiger partial charge < -0.3 is 9.52 Å². The predicted molar refractivity (Wildman–Crippen MR) is 102 cm³/mol. The average molecular weight is 405 g/mol.